The van der Waals surface area contributed by atoms with E-state index in [9.17, 15) is 0 Å². The highest BCUT2D eigenvalue weighted by molar-refractivity contribution is 5.31. The third kappa shape index (κ3) is 2.78. The molecule has 2 aromatic rings. The first-order chi connectivity index (χ1) is 9.17. The van der Waals surface area contributed by atoms with Crippen LogP contribution in [0.2, 0.25) is 0 Å². The Morgan fingerprint density at radius 2 is 2.11 bits per heavy atom. The van der Waals surface area contributed by atoms with Gasteiger partial charge in [0, 0.05) is 12.6 Å². The molecule has 102 valence electrons. The summed E-state index contributed by atoms with van der Waals surface area (Å²) < 4.78 is 1.79. The fraction of sp³-hybridized carbons (Fsp3) is 0.538. The van der Waals surface area contributed by atoms with Gasteiger partial charge in [-0.05, 0) is 26.0 Å². The van der Waals surface area contributed by atoms with E-state index in [0.29, 0.717) is 0 Å². The van der Waals surface area contributed by atoms with Crippen molar-refractivity contribution in [1.29, 1.82) is 0 Å². The lowest BCUT2D eigenvalue weighted by molar-refractivity contribution is 0.560. The summed E-state index contributed by atoms with van der Waals surface area (Å²) in [4.78, 5) is 0. The van der Waals surface area contributed by atoms with E-state index in [0.717, 1.165) is 35.6 Å². The van der Waals surface area contributed by atoms with Gasteiger partial charge in [0.15, 0.2) is 0 Å². The molecule has 2 aromatic heterocycles. The molecule has 2 rings (SSSR count). The number of aryl methyl sites for hydroxylation is 3. The predicted octanol–water partition coefficient (Wildman–Crippen LogP) is 1.17. The molecule has 0 aliphatic heterocycles. The van der Waals surface area contributed by atoms with Gasteiger partial charge in [0.25, 0.3) is 0 Å². The van der Waals surface area contributed by atoms with Crippen molar-refractivity contribution >= 4 is 0 Å². The summed E-state index contributed by atoms with van der Waals surface area (Å²) in [6, 6.07) is 2.14. The van der Waals surface area contributed by atoms with E-state index in [1.54, 1.807) is 10.9 Å². The van der Waals surface area contributed by atoms with E-state index in [4.69, 9.17) is 0 Å². The zero-order valence-electron chi connectivity index (χ0n) is 11.9. The first kappa shape index (κ1) is 13.6. The molecular formula is C13H20N6. The molecule has 0 spiro atoms. The summed E-state index contributed by atoms with van der Waals surface area (Å²) in [5.74, 6) is 0. The highest BCUT2D eigenvalue weighted by Crippen LogP contribution is 2.23. The van der Waals surface area contributed by atoms with Crippen LogP contribution in [-0.2, 0) is 13.5 Å². The van der Waals surface area contributed by atoms with Crippen molar-refractivity contribution in [2.45, 2.75) is 33.2 Å². The maximum atomic E-state index is 4.30. The zero-order valence-corrected chi connectivity index (χ0v) is 11.9. The van der Waals surface area contributed by atoms with E-state index < -0.39 is 0 Å². The maximum absolute atomic E-state index is 4.30. The lowest BCUT2D eigenvalue weighted by Crippen LogP contribution is -2.26. The highest BCUT2D eigenvalue weighted by atomic mass is 15.4. The number of aromatic nitrogens is 5. The average Bonchev–Trinajstić information content (AvgIpc) is 2.82. The first-order valence-corrected chi connectivity index (χ1v) is 6.58. The normalized spacial score (nSPS) is 12.6. The molecule has 6 nitrogen and oxygen atoms in total. The molecule has 0 aliphatic rings. The molecule has 6 heteroatoms. The van der Waals surface area contributed by atoms with Crippen molar-refractivity contribution in [3.8, 4) is 0 Å². The summed E-state index contributed by atoms with van der Waals surface area (Å²) in [7, 11) is 1.90. The Balaban J connectivity index is 2.50. The molecule has 0 fully saturated rings. The Bertz CT molecular complexity index is 548. The van der Waals surface area contributed by atoms with Gasteiger partial charge in [-0.2, -0.15) is 10.2 Å². The quantitative estimate of drug-likeness (QED) is 0.874. The number of hydrogen-bond donors (Lipinski definition) is 1. The van der Waals surface area contributed by atoms with Crippen LogP contribution in [0.15, 0.2) is 12.3 Å². The Hall–Kier alpha value is -1.82. The number of nitrogens with zero attached hydrogens (tertiary/aromatic N) is 5. The molecule has 1 unspecified atom stereocenters. The third-order valence-electron chi connectivity index (χ3n) is 3.13. The second-order valence-corrected chi connectivity index (χ2v) is 4.51. The van der Waals surface area contributed by atoms with Crippen molar-refractivity contribution in [2.24, 2.45) is 7.05 Å². The van der Waals surface area contributed by atoms with Gasteiger partial charge in [-0.3, -0.25) is 4.68 Å². The fourth-order valence-corrected chi connectivity index (χ4v) is 2.20. The molecule has 19 heavy (non-hydrogen) atoms. The van der Waals surface area contributed by atoms with Gasteiger partial charge in [0.05, 0.1) is 29.3 Å². The first-order valence-electron chi connectivity index (χ1n) is 6.58. The van der Waals surface area contributed by atoms with Gasteiger partial charge >= 0.3 is 0 Å². The average molecular weight is 260 g/mol. The second kappa shape index (κ2) is 5.88. The summed E-state index contributed by atoms with van der Waals surface area (Å²) in [5, 5.41) is 19.9. The lowest BCUT2D eigenvalue weighted by Gasteiger charge is -2.20. The van der Waals surface area contributed by atoms with E-state index in [-0.39, 0.29) is 6.04 Å². The van der Waals surface area contributed by atoms with Gasteiger partial charge < -0.3 is 5.32 Å². The van der Waals surface area contributed by atoms with Gasteiger partial charge in [-0.1, -0.05) is 19.1 Å². The maximum Gasteiger partial charge on any atom is 0.0799 e. The molecular weight excluding hydrogens is 240 g/mol. The standard InChI is InChI=1S/C13H20N6/c1-5-11-10(7-9(3)16-17-11)13(14-6-2)12-8-15-18-19(12)4/h7-8,13-14H,5-6H2,1-4H3. The van der Waals surface area contributed by atoms with Gasteiger partial charge in [0.1, 0.15) is 0 Å². The van der Waals surface area contributed by atoms with Crippen molar-refractivity contribution in [1.82, 2.24) is 30.5 Å². The molecule has 0 saturated heterocycles. The van der Waals surface area contributed by atoms with Gasteiger partial charge in [0.2, 0.25) is 0 Å². The van der Waals surface area contributed by atoms with Crippen molar-refractivity contribution in [3.63, 3.8) is 0 Å². The zero-order chi connectivity index (χ0) is 13.8. The molecule has 0 amide bonds. The van der Waals surface area contributed by atoms with Crippen molar-refractivity contribution in [2.75, 3.05) is 6.54 Å². The number of hydrogen-bond acceptors (Lipinski definition) is 5. The lowest BCUT2D eigenvalue weighted by atomic mass is 10.0. The van der Waals surface area contributed by atoms with Crippen LogP contribution in [0.5, 0.6) is 0 Å². The van der Waals surface area contributed by atoms with Crippen LogP contribution >= 0.6 is 0 Å². The van der Waals surface area contributed by atoms with Gasteiger partial charge in [-0.15, -0.1) is 5.10 Å². The monoisotopic (exact) mass is 260 g/mol. The molecule has 0 bridgehead atoms. The van der Waals surface area contributed by atoms with Crippen LogP contribution in [0.4, 0.5) is 0 Å². The van der Waals surface area contributed by atoms with Crippen LogP contribution in [0.25, 0.3) is 0 Å². The van der Waals surface area contributed by atoms with Crippen molar-refractivity contribution < 1.29 is 0 Å². The van der Waals surface area contributed by atoms with Crippen LogP contribution in [0.3, 0.4) is 0 Å². The topological polar surface area (TPSA) is 68.5 Å². The number of rotatable bonds is 5. The summed E-state index contributed by atoms with van der Waals surface area (Å²) >= 11 is 0. The van der Waals surface area contributed by atoms with E-state index >= 15 is 0 Å². The predicted molar refractivity (Wildman–Crippen MR) is 72.7 cm³/mol. The van der Waals surface area contributed by atoms with Crippen LogP contribution in [0.1, 0.15) is 42.5 Å². The second-order valence-electron chi connectivity index (χ2n) is 4.51. The summed E-state index contributed by atoms with van der Waals surface area (Å²) in [6.07, 6.45) is 2.65. The SMILES string of the molecule is CCNC(c1cc(C)nnc1CC)c1cnnn1C. The van der Waals surface area contributed by atoms with Crippen LogP contribution < -0.4 is 5.32 Å². The minimum absolute atomic E-state index is 0.0501. The summed E-state index contributed by atoms with van der Waals surface area (Å²) in [5.41, 5.74) is 4.12. The van der Waals surface area contributed by atoms with Crippen molar-refractivity contribution in [3.05, 3.63) is 34.9 Å². The highest BCUT2D eigenvalue weighted by Gasteiger charge is 2.20. The minimum Gasteiger partial charge on any atom is -0.305 e. The Labute approximate surface area is 113 Å². The molecule has 0 aromatic carbocycles. The molecule has 1 atom stereocenters. The Morgan fingerprint density at radius 3 is 2.68 bits per heavy atom. The molecule has 0 saturated carbocycles. The minimum atomic E-state index is 0.0501. The largest absolute Gasteiger partial charge is 0.305 e. The summed E-state index contributed by atoms with van der Waals surface area (Å²) in [6.45, 7) is 7.00. The van der Waals surface area contributed by atoms with Gasteiger partial charge in [-0.25, -0.2) is 0 Å². The van der Waals surface area contributed by atoms with E-state index in [2.05, 4.69) is 45.7 Å². The fourth-order valence-electron chi connectivity index (χ4n) is 2.20. The van der Waals surface area contributed by atoms with E-state index in [1.165, 1.54) is 0 Å². The Kier molecular flexibility index (Phi) is 4.21. The molecule has 0 aliphatic carbocycles. The number of nitrogens with one attached hydrogen (secondary N) is 1. The smallest absolute Gasteiger partial charge is 0.0799 e. The van der Waals surface area contributed by atoms with Crippen LogP contribution in [-0.4, -0.2) is 31.7 Å². The van der Waals surface area contributed by atoms with E-state index in [1.807, 2.05) is 14.0 Å². The molecule has 2 heterocycles. The Morgan fingerprint density at radius 1 is 1.32 bits per heavy atom. The molecule has 1 N–H and O–H groups in total. The third-order valence-corrected chi connectivity index (χ3v) is 3.13. The van der Waals surface area contributed by atoms with Crippen LogP contribution in [0, 0.1) is 6.92 Å². The molecule has 0 radical (unpaired) electrons.